The molecule has 0 saturated carbocycles. The van der Waals surface area contributed by atoms with Crippen molar-refractivity contribution in [2.24, 2.45) is 0 Å². The van der Waals surface area contributed by atoms with Crippen molar-refractivity contribution in [2.45, 2.75) is 6.92 Å². The Balaban J connectivity index is 1.74. The van der Waals surface area contributed by atoms with E-state index in [1.165, 1.54) is 20.3 Å². The van der Waals surface area contributed by atoms with Crippen LogP contribution in [0.4, 0.5) is 10.5 Å². The summed E-state index contributed by atoms with van der Waals surface area (Å²) in [5.41, 5.74) is 2.15. The summed E-state index contributed by atoms with van der Waals surface area (Å²) < 4.78 is 15.8. The average Bonchev–Trinajstić information content (AvgIpc) is 3.07. The van der Waals surface area contributed by atoms with Gasteiger partial charge in [0.2, 0.25) is 5.91 Å². The largest absolute Gasteiger partial charge is 0.493 e. The van der Waals surface area contributed by atoms with Crippen LogP contribution >= 0.6 is 27.7 Å². The number of hydrogen-bond donors (Lipinski definition) is 1. The number of carbonyl (C=O) groups is 4. The molecule has 1 saturated heterocycles. The summed E-state index contributed by atoms with van der Waals surface area (Å²) in [7, 11) is 2.68. The lowest BCUT2D eigenvalue weighted by molar-refractivity contribution is -0.143. The molecular formula is C23H21BrN2O7S. The number of nitrogens with one attached hydrogen (secondary N) is 1. The molecule has 0 radical (unpaired) electrons. The van der Waals surface area contributed by atoms with E-state index < -0.39 is 29.6 Å². The second kappa shape index (κ2) is 11.2. The molecule has 1 N–H and O–H groups in total. The van der Waals surface area contributed by atoms with E-state index in [9.17, 15) is 19.2 Å². The number of imide groups is 1. The van der Waals surface area contributed by atoms with Crippen LogP contribution in [0.2, 0.25) is 0 Å². The number of ether oxygens (including phenoxy) is 3. The van der Waals surface area contributed by atoms with Crippen LogP contribution in [0.1, 0.15) is 11.1 Å². The summed E-state index contributed by atoms with van der Waals surface area (Å²) in [6.07, 6.45) is 1.51. The van der Waals surface area contributed by atoms with E-state index >= 15 is 0 Å². The first kappa shape index (κ1) is 25.3. The van der Waals surface area contributed by atoms with Crippen LogP contribution in [-0.4, -0.2) is 55.3 Å². The first-order valence-electron chi connectivity index (χ1n) is 9.91. The molecule has 9 nitrogen and oxygen atoms in total. The Labute approximate surface area is 208 Å². The number of halogens is 1. The van der Waals surface area contributed by atoms with Crippen LogP contribution in [0.5, 0.6) is 11.5 Å². The molecule has 34 heavy (non-hydrogen) atoms. The maximum atomic E-state index is 12.8. The fourth-order valence-electron chi connectivity index (χ4n) is 2.89. The highest BCUT2D eigenvalue weighted by molar-refractivity contribution is 9.10. The Kier molecular flexibility index (Phi) is 8.35. The molecule has 178 valence electrons. The van der Waals surface area contributed by atoms with Gasteiger partial charge in [0.15, 0.2) is 18.1 Å². The maximum Gasteiger partial charge on any atom is 0.343 e. The third kappa shape index (κ3) is 6.17. The fourth-order valence-corrected chi connectivity index (χ4v) is 4.15. The number of hydrogen-bond acceptors (Lipinski definition) is 8. The molecule has 0 atom stereocenters. The second-order valence-electron chi connectivity index (χ2n) is 7.07. The zero-order valence-electron chi connectivity index (χ0n) is 18.5. The number of amides is 3. The fraction of sp³-hybridized carbons (Fsp3) is 0.217. The topological polar surface area (TPSA) is 111 Å². The van der Waals surface area contributed by atoms with E-state index in [2.05, 4.69) is 26.0 Å². The van der Waals surface area contributed by atoms with Crippen molar-refractivity contribution in [3.63, 3.8) is 0 Å². The van der Waals surface area contributed by atoms with Crippen molar-refractivity contribution in [1.82, 2.24) is 4.90 Å². The highest BCUT2D eigenvalue weighted by Gasteiger charge is 2.36. The number of aryl methyl sites for hydroxylation is 1. The van der Waals surface area contributed by atoms with Gasteiger partial charge in [-0.2, -0.15) is 0 Å². The number of nitrogens with zero attached hydrogens (tertiary/aromatic N) is 1. The predicted molar refractivity (Wildman–Crippen MR) is 131 cm³/mol. The van der Waals surface area contributed by atoms with E-state index in [1.807, 2.05) is 19.1 Å². The van der Waals surface area contributed by atoms with Crippen molar-refractivity contribution >= 4 is 62.5 Å². The molecule has 11 heteroatoms. The van der Waals surface area contributed by atoms with Crippen LogP contribution in [0.15, 0.2) is 45.8 Å². The molecule has 0 aromatic heterocycles. The highest BCUT2D eigenvalue weighted by Crippen LogP contribution is 2.38. The molecule has 3 rings (SSSR count). The SMILES string of the molecule is COC(=O)COc1cc(Br)c(/C=C2/SC(=O)N(CC(=O)Nc3ccc(C)cc3)C2=O)cc1OC. The predicted octanol–water partition coefficient (Wildman–Crippen LogP) is 3.99. The monoisotopic (exact) mass is 548 g/mol. The van der Waals surface area contributed by atoms with Gasteiger partial charge >= 0.3 is 5.97 Å². The summed E-state index contributed by atoms with van der Waals surface area (Å²) in [5.74, 6) is -1.01. The number of esters is 1. The van der Waals surface area contributed by atoms with Crippen molar-refractivity contribution < 1.29 is 33.4 Å². The summed E-state index contributed by atoms with van der Waals surface area (Å²) in [4.78, 5) is 50.0. The molecule has 2 aromatic carbocycles. The molecule has 0 bridgehead atoms. The Bertz CT molecular complexity index is 1160. The van der Waals surface area contributed by atoms with E-state index in [1.54, 1.807) is 24.3 Å². The molecule has 0 aliphatic carbocycles. The lowest BCUT2D eigenvalue weighted by Crippen LogP contribution is -2.36. The lowest BCUT2D eigenvalue weighted by atomic mass is 10.2. The summed E-state index contributed by atoms with van der Waals surface area (Å²) in [5, 5.41) is 2.13. The number of thioether (sulfide) groups is 1. The number of rotatable bonds is 8. The van der Waals surface area contributed by atoms with Gasteiger partial charge < -0.3 is 19.5 Å². The van der Waals surface area contributed by atoms with Gasteiger partial charge in [-0.3, -0.25) is 19.3 Å². The van der Waals surface area contributed by atoms with Gasteiger partial charge in [0.25, 0.3) is 11.1 Å². The van der Waals surface area contributed by atoms with Crippen LogP contribution in [0.25, 0.3) is 6.08 Å². The van der Waals surface area contributed by atoms with Gasteiger partial charge in [0.1, 0.15) is 6.54 Å². The Morgan fingerprint density at radius 2 is 1.82 bits per heavy atom. The first-order chi connectivity index (χ1) is 16.2. The summed E-state index contributed by atoms with van der Waals surface area (Å²) >= 11 is 4.13. The van der Waals surface area contributed by atoms with Gasteiger partial charge in [-0.05, 0) is 54.6 Å². The van der Waals surface area contributed by atoms with Gasteiger partial charge in [0, 0.05) is 10.2 Å². The second-order valence-corrected chi connectivity index (χ2v) is 8.92. The molecule has 1 fully saturated rings. The van der Waals surface area contributed by atoms with Crippen molar-refractivity contribution in [2.75, 3.05) is 32.7 Å². The molecule has 3 amide bonds. The van der Waals surface area contributed by atoms with Crippen molar-refractivity contribution in [3.8, 4) is 11.5 Å². The van der Waals surface area contributed by atoms with E-state index in [0.717, 1.165) is 22.2 Å². The number of anilines is 1. The van der Waals surface area contributed by atoms with Gasteiger partial charge in [-0.1, -0.05) is 33.6 Å². The quantitative estimate of drug-likeness (QED) is 0.389. The third-order valence-electron chi connectivity index (χ3n) is 4.65. The average molecular weight is 549 g/mol. The van der Waals surface area contributed by atoms with Crippen molar-refractivity contribution in [3.05, 3.63) is 56.9 Å². The Morgan fingerprint density at radius 1 is 1.12 bits per heavy atom. The molecule has 0 unspecified atom stereocenters. The van der Waals surface area contributed by atoms with Crippen LogP contribution in [0, 0.1) is 6.92 Å². The molecule has 1 aliphatic rings. The zero-order valence-corrected chi connectivity index (χ0v) is 20.9. The molecule has 2 aromatic rings. The molecular weight excluding hydrogens is 528 g/mol. The first-order valence-corrected chi connectivity index (χ1v) is 11.5. The molecule has 0 spiro atoms. The zero-order chi connectivity index (χ0) is 24.8. The van der Waals surface area contributed by atoms with Gasteiger partial charge in [0.05, 0.1) is 19.1 Å². The van der Waals surface area contributed by atoms with Crippen molar-refractivity contribution in [1.29, 1.82) is 0 Å². The number of methoxy groups -OCH3 is 2. The normalized spacial score (nSPS) is 14.4. The van der Waals surface area contributed by atoms with E-state index in [-0.39, 0.29) is 17.3 Å². The Morgan fingerprint density at radius 3 is 2.47 bits per heavy atom. The minimum absolute atomic E-state index is 0.152. The van der Waals surface area contributed by atoms with Gasteiger partial charge in [-0.25, -0.2) is 4.79 Å². The third-order valence-corrected chi connectivity index (χ3v) is 6.25. The van der Waals surface area contributed by atoms with Crippen LogP contribution < -0.4 is 14.8 Å². The number of carbonyl (C=O) groups excluding carboxylic acids is 4. The smallest absolute Gasteiger partial charge is 0.343 e. The number of benzene rings is 2. The van der Waals surface area contributed by atoms with Crippen LogP contribution in [-0.2, 0) is 19.1 Å². The Hall–Kier alpha value is -3.31. The van der Waals surface area contributed by atoms with E-state index in [0.29, 0.717) is 21.5 Å². The minimum Gasteiger partial charge on any atom is -0.493 e. The molecule has 1 aliphatic heterocycles. The van der Waals surface area contributed by atoms with E-state index in [4.69, 9.17) is 9.47 Å². The summed E-state index contributed by atoms with van der Waals surface area (Å²) in [6, 6.07) is 10.3. The highest BCUT2D eigenvalue weighted by atomic mass is 79.9. The standard InChI is InChI=1S/C23H21BrN2O7S/c1-13-4-6-15(7-5-13)25-20(27)11-26-22(29)19(34-23(26)30)9-14-8-17(31-2)18(10-16(14)24)33-12-21(28)32-3/h4-10H,11-12H2,1-3H3,(H,25,27)/b19-9+. The van der Waals surface area contributed by atoms with Gasteiger partial charge in [-0.15, -0.1) is 0 Å². The maximum absolute atomic E-state index is 12.8. The van der Waals surface area contributed by atoms with Crippen LogP contribution in [0.3, 0.4) is 0 Å². The minimum atomic E-state index is -0.578. The summed E-state index contributed by atoms with van der Waals surface area (Å²) in [6.45, 7) is 1.22. The lowest BCUT2D eigenvalue weighted by Gasteiger charge is -2.13. The molecule has 1 heterocycles.